The van der Waals surface area contributed by atoms with Crippen LogP contribution in [0.25, 0.3) is 0 Å². The predicted molar refractivity (Wildman–Crippen MR) is 61.0 cm³/mol. The van der Waals surface area contributed by atoms with Crippen LogP contribution in [0.5, 0.6) is 0 Å². The van der Waals surface area contributed by atoms with Gasteiger partial charge in [0.15, 0.2) is 0 Å². The summed E-state index contributed by atoms with van der Waals surface area (Å²) in [6.45, 7) is 1.84. The second kappa shape index (κ2) is 7.60. The molecule has 16 heavy (non-hydrogen) atoms. The molecule has 1 saturated carbocycles. The number of carbonyl (C=O) groups is 1. The summed E-state index contributed by atoms with van der Waals surface area (Å²) in [5, 5.41) is 2.72. The van der Waals surface area contributed by atoms with Gasteiger partial charge in [-0.1, -0.05) is 6.42 Å². The number of amides is 1. The Morgan fingerprint density at radius 1 is 1.50 bits per heavy atom. The molecule has 1 rings (SSSR count). The van der Waals surface area contributed by atoms with Gasteiger partial charge in [0.25, 0.3) is 0 Å². The van der Waals surface area contributed by atoms with E-state index in [0.717, 1.165) is 19.3 Å². The first-order valence-electron chi connectivity index (χ1n) is 5.85. The van der Waals surface area contributed by atoms with Gasteiger partial charge in [0, 0.05) is 13.7 Å². The maximum Gasteiger partial charge on any atom is 0.246 e. The number of methoxy groups -OCH3 is 1. The van der Waals surface area contributed by atoms with E-state index < -0.39 is 0 Å². The molecule has 0 bridgehead atoms. The molecular weight excluding hydrogens is 208 g/mol. The van der Waals surface area contributed by atoms with Crippen LogP contribution in [-0.2, 0) is 14.3 Å². The van der Waals surface area contributed by atoms with Crippen molar-refractivity contribution in [3.8, 4) is 0 Å². The minimum atomic E-state index is -0.0836. The maximum atomic E-state index is 11.3. The van der Waals surface area contributed by atoms with Crippen molar-refractivity contribution >= 4 is 5.91 Å². The van der Waals surface area contributed by atoms with Crippen LogP contribution in [-0.4, -0.2) is 45.4 Å². The summed E-state index contributed by atoms with van der Waals surface area (Å²) < 4.78 is 10.4. The first-order chi connectivity index (χ1) is 7.77. The Labute approximate surface area is 96.7 Å². The Hall–Kier alpha value is -0.650. The van der Waals surface area contributed by atoms with Gasteiger partial charge in [-0.05, 0) is 25.3 Å². The molecule has 5 heteroatoms. The number of ether oxygens (including phenoxy) is 2. The van der Waals surface area contributed by atoms with Gasteiger partial charge in [-0.25, -0.2) is 0 Å². The minimum Gasteiger partial charge on any atom is -0.383 e. The van der Waals surface area contributed by atoms with Gasteiger partial charge in [0.2, 0.25) is 5.91 Å². The van der Waals surface area contributed by atoms with Gasteiger partial charge < -0.3 is 20.5 Å². The largest absolute Gasteiger partial charge is 0.383 e. The molecule has 2 unspecified atom stereocenters. The van der Waals surface area contributed by atoms with Crippen molar-refractivity contribution < 1.29 is 14.3 Å². The van der Waals surface area contributed by atoms with Crippen LogP contribution in [0.3, 0.4) is 0 Å². The molecular formula is C11H22N2O3. The van der Waals surface area contributed by atoms with Crippen molar-refractivity contribution in [2.75, 3.05) is 33.4 Å². The second-order valence-corrected chi connectivity index (χ2v) is 4.12. The van der Waals surface area contributed by atoms with Crippen molar-refractivity contribution in [1.82, 2.24) is 5.32 Å². The SMILES string of the molecule is COCCNC(=O)COC1CCCC1CN. The maximum absolute atomic E-state index is 11.3. The van der Waals surface area contributed by atoms with E-state index in [-0.39, 0.29) is 18.6 Å². The Kier molecular flexibility index (Phi) is 6.37. The summed E-state index contributed by atoms with van der Waals surface area (Å²) in [5.41, 5.74) is 5.63. The van der Waals surface area contributed by atoms with Gasteiger partial charge in [-0.2, -0.15) is 0 Å². The van der Waals surface area contributed by atoms with E-state index in [1.165, 1.54) is 0 Å². The highest BCUT2D eigenvalue weighted by Crippen LogP contribution is 2.27. The zero-order chi connectivity index (χ0) is 11.8. The standard InChI is InChI=1S/C11H22N2O3/c1-15-6-5-13-11(14)8-16-10-4-2-3-9(10)7-12/h9-10H,2-8,12H2,1H3,(H,13,14). The lowest BCUT2D eigenvalue weighted by atomic mass is 10.1. The summed E-state index contributed by atoms with van der Waals surface area (Å²) in [7, 11) is 1.60. The number of hydrogen-bond donors (Lipinski definition) is 2. The highest BCUT2D eigenvalue weighted by molar-refractivity contribution is 5.77. The van der Waals surface area contributed by atoms with E-state index in [9.17, 15) is 4.79 Å². The topological polar surface area (TPSA) is 73.6 Å². The van der Waals surface area contributed by atoms with E-state index >= 15 is 0 Å². The lowest BCUT2D eigenvalue weighted by molar-refractivity contribution is -0.128. The molecule has 1 amide bonds. The summed E-state index contributed by atoms with van der Waals surface area (Å²) in [5.74, 6) is 0.339. The lowest BCUT2D eigenvalue weighted by Crippen LogP contribution is -2.34. The first kappa shape index (κ1) is 13.4. The van der Waals surface area contributed by atoms with Gasteiger partial charge in [-0.15, -0.1) is 0 Å². The normalized spacial score (nSPS) is 24.6. The van der Waals surface area contributed by atoms with Gasteiger partial charge in [-0.3, -0.25) is 4.79 Å². The molecule has 0 aromatic rings. The molecule has 5 nitrogen and oxygen atoms in total. The second-order valence-electron chi connectivity index (χ2n) is 4.12. The van der Waals surface area contributed by atoms with Crippen molar-refractivity contribution in [3.05, 3.63) is 0 Å². The zero-order valence-corrected chi connectivity index (χ0v) is 9.91. The van der Waals surface area contributed by atoms with Crippen molar-refractivity contribution in [2.45, 2.75) is 25.4 Å². The average Bonchev–Trinajstić information content (AvgIpc) is 2.74. The lowest BCUT2D eigenvalue weighted by Gasteiger charge is -2.18. The number of nitrogens with two attached hydrogens (primary N) is 1. The fourth-order valence-corrected chi connectivity index (χ4v) is 2.02. The molecule has 0 aliphatic heterocycles. The molecule has 0 heterocycles. The van der Waals surface area contributed by atoms with E-state index in [1.807, 2.05) is 0 Å². The van der Waals surface area contributed by atoms with Crippen LogP contribution in [0.1, 0.15) is 19.3 Å². The Balaban J connectivity index is 2.11. The molecule has 0 radical (unpaired) electrons. The van der Waals surface area contributed by atoms with E-state index in [4.69, 9.17) is 15.2 Å². The van der Waals surface area contributed by atoms with Gasteiger partial charge in [0.1, 0.15) is 6.61 Å². The van der Waals surface area contributed by atoms with Crippen LogP contribution in [0.2, 0.25) is 0 Å². The predicted octanol–water partition coefficient (Wildman–Crippen LogP) is -0.107. The number of carbonyl (C=O) groups excluding carboxylic acids is 1. The Bertz CT molecular complexity index is 211. The zero-order valence-electron chi connectivity index (χ0n) is 9.91. The summed E-state index contributed by atoms with van der Waals surface area (Å²) in [6, 6.07) is 0. The fraction of sp³-hybridized carbons (Fsp3) is 0.909. The number of nitrogens with one attached hydrogen (secondary N) is 1. The molecule has 0 saturated heterocycles. The van der Waals surface area contributed by atoms with Crippen LogP contribution in [0, 0.1) is 5.92 Å². The smallest absolute Gasteiger partial charge is 0.246 e. The van der Waals surface area contributed by atoms with Crippen LogP contribution in [0.15, 0.2) is 0 Å². The molecule has 2 atom stereocenters. The molecule has 0 aromatic carbocycles. The summed E-state index contributed by atoms with van der Waals surface area (Å²) in [6.07, 6.45) is 3.45. The number of hydrogen-bond acceptors (Lipinski definition) is 4. The molecule has 1 aliphatic carbocycles. The average molecular weight is 230 g/mol. The third-order valence-corrected chi connectivity index (χ3v) is 2.95. The third-order valence-electron chi connectivity index (χ3n) is 2.95. The van der Waals surface area contributed by atoms with Crippen molar-refractivity contribution in [1.29, 1.82) is 0 Å². The quantitative estimate of drug-likeness (QED) is 0.599. The first-order valence-corrected chi connectivity index (χ1v) is 5.85. The monoisotopic (exact) mass is 230 g/mol. The van der Waals surface area contributed by atoms with Crippen molar-refractivity contribution in [3.63, 3.8) is 0 Å². The van der Waals surface area contributed by atoms with Crippen LogP contribution in [0.4, 0.5) is 0 Å². The Morgan fingerprint density at radius 3 is 3.00 bits per heavy atom. The van der Waals surface area contributed by atoms with Gasteiger partial charge in [0.05, 0.1) is 12.7 Å². The Morgan fingerprint density at radius 2 is 2.31 bits per heavy atom. The molecule has 94 valence electrons. The minimum absolute atomic E-state index is 0.0836. The van der Waals surface area contributed by atoms with E-state index in [0.29, 0.717) is 25.6 Å². The highest BCUT2D eigenvalue weighted by atomic mass is 16.5. The van der Waals surface area contributed by atoms with E-state index in [1.54, 1.807) is 7.11 Å². The molecule has 1 fully saturated rings. The summed E-state index contributed by atoms with van der Waals surface area (Å²) >= 11 is 0. The molecule has 1 aliphatic rings. The van der Waals surface area contributed by atoms with Crippen LogP contribution < -0.4 is 11.1 Å². The highest BCUT2D eigenvalue weighted by Gasteiger charge is 2.27. The van der Waals surface area contributed by atoms with Crippen LogP contribution >= 0.6 is 0 Å². The van der Waals surface area contributed by atoms with Crippen molar-refractivity contribution in [2.24, 2.45) is 11.7 Å². The number of rotatable bonds is 7. The fourth-order valence-electron chi connectivity index (χ4n) is 2.02. The molecule has 0 spiro atoms. The molecule has 3 N–H and O–H groups in total. The molecule has 0 aromatic heterocycles. The summed E-state index contributed by atoms with van der Waals surface area (Å²) in [4.78, 5) is 11.3. The third kappa shape index (κ3) is 4.47. The van der Waals surface area contributed by atoms with Gasteiger partial charge >= 0.3 is 0 Å². The van der Waals surface area contributed by atoms with E-state index in [2.05, 4.69) is 5.32 Å².